The monoisotopic (exact) mass is 209 g/mol. The third kappa shape index (κ3) is 4.20. The van der Waals surface area contributed by atoms with E-state index in [1.165, 1.54) is 12.8 Å². The second kappa shape index (κ2) is 6.28. The SMILES string of the molecule is CC(CC#N)NC(=O)N1CCCCCC1. The predicted octanol–water partition coefficient (Wildman–Crippen LogP) is 1.87. The molecule has 2 amide bonds. The maximum absolute atomic E-state index is 11.7. The molecular formula is C11H19N3O. The number of nitrogens with one attached hydrogen (secondary N) is 1. The van der Waals surface area contributed by atoms with Crippen molar-refractivity contribution in [2.24, 2.45) is 0 Å². The fourth-order valence-corrected chi connectivity index (χ4v) is 1.76. The van der Waals surface area contributed by atoms with Crippen molar-refractivity contribution >= 4 is 6.03 Å². The van der Waals surface area contributed by atoms with E-state index in [0.717, 1.165) is 25.9 Å². The lowest BCUT2D eigenvalue weighted by atomic mass is 10.2. The minimum absolute atomic E-state index is 0.0142. The van der Waals surface area contributed by atoms with Crippen molar-refractivity contribution in [3.63, 3.8) is 0 Å². The van der Waals surface area contributed by atoms with Crippen LogP contribution in [0, 0.1) is 11.3 Å². The number of likely N-dealkylation sites (tertiary alicyclic amines) is 1. The van der Waals surface area contributed by atoms with Crippen molar-refractivity contribution < 1.29 is 4.79 Å². The number of amides is 2. The summed E-state index contributed by atoms with van der Waals surface area (Å²) in [6, 6.07) is 1.99. The zero-order chi connectivity index (χ0) is 11.1. The minimum atomic E-state index is -0.0502. The smallest absolute Gasteiger partial charge is 0.317 e. The Morgan fingerprint density at radius 1 is 1.40 bits per heavy atom. The van der Waals surface area contributed by atoms with Gasteiger partial charge in [-0.05, 0) is 19.8 Å². The molecule has 1 saturated heterocycles. The topological polar surface area (TPSA) is 56.1 Å². The van der Waals surface area contributed by atoms with Gasteiger partial charge in [0.1, 0.15) is 0 Å². The molecule has 1 atom stereocenters. The second-order valence-corrected chi connectivity index (χ2v) is 4.11. The standard InChI is InChI=1S/C11H19N3O/c1-10(6-7-12)13-11(15)14-8-4-2-3-5-9-14/h10H,2-6,8-9H2,1H3,(H,13,15). The van der Waals surface area contributed by atoms with Crippen molar-refractivity contribution in [1.29, 1.82) is 5.26 Å². The van der Waals surface area contributed by atoms with Gasteiger partial charge in [-0.3, -0.25) is 0 Å². The van der Waals surface area contributed by atoms with E-state index >= 15 is 0 Å². The molecule has 0 aromatic carbocycles. The van der Waals surface area contributed by atoms with Gasteiger partial charge in [0.2, 0.25) is 0 Å². The number of carbonyl (C=O) groups is 1. The number of hydrogen-bond acceptors (Lipinski definition) is 2. The van der Waals surface area contributed by atoms with Gasteiger partial charge in [-0.25, -0.2) is 4.79 Å². The molecule has 1 N–H and O–H groups in total. The molecule has 0 saturated carbocycles. The lowest BCUT2D eigenvalue weighted by molar-refractivity contribution is 0.196. The van der Waals surface area contributed by atoms with Gasteiger partial charge in [0, 0.05) is 19.1 Å². The Morgan fingerprint density at radius 3 is 2.53 bits per heavy atom. The van der Waals surface area contributed by atoms with Crippen molar-refractivity contribution in [2.75, 3.05) is 13.1 Å². The van der Waals surface area contributed by atoms with E-state index in [0.29, 0.717) is 6.42 Å². The molecule has 0 spiro atoms. The van der Waals surface area contributed by atoms with Gasteiger partial charge in [0.25, 0.3) is 0 Å². The normalized spacial score (nSPS) is 18.8. The van der Waals surface area contributed by atoms with Crippen LogP contribution in [0.5, 0.6) is 0 Å². The van der Waals surface area contributed by atoms with Crippen LogP contribution in [-0.2, 0) is 0 Å². The molecule has 1 fully saturated rings. The largest absolute Gasteiger partial charge is 0.335 e. The van der Waals surface area contributed by atoms with E-state index in [-0.39, 0.29) is 12.1 Å². The third-order valence-electron chi connectivity index (χ3n) is 2.66. The minimum Gasteiger partial charge on any atom is -0.335 e. The molecular weight excluding hydrogens is 190 g/mol. The van der Waals surface area contributed by atoms with E-state index in [1.807, 2.05) is 11.8 Å². The summed E-state index contributed by atoms with van der Waals surface area (Å²) in [5, 5.41) is 11.3. The number of nitriles is 1. The Balaban J connectivity index is 2.34. The maximum Gasteiger partial charge on any atom is 0.317 e. The number of urea groups is 1. The molecule has 4 nitrogen and oxygen atoms in total. The van der Waals surface area contributed by atoms with Gasteiger partial charge in [-0.2, -0.15) is 5.26 Å². The Bertz CT molecular complexity index is 239. The van der Waals surface area contributed by atoms with Crippen LogP contribution in [0.15, 0.2) is 0 Å². The molecule has 1 rings (SSSR count). The van der Waals surface area contributed by atoms with E-state index < -0.39 is 0 Å². The fourth-order valence-electron chi connectivity index (χ4n) is 1.76. The van der Waals surface area contributed by atoms with Crippen LogP contribution in [0.3, 0.4) is 0 Å². The van der Waals surface area contributed by atoms with Gasteiger partial charge in [-0.15, -0.1) is 0 Å². The average Bonchev–Trinajstić information content (AvgIpc) is 2.45. The van der Waals surface area contributed by atoms with Crippen molar-refractivity contribution in [1.82, 2.24) is 10.2 Å². The van der Waals surface area contributed by atoms with Crippen LogP contribution >= 0.6 is 0 Å². The van der Waals surface area contributed by atoms with Crippen LogP contribution in [0.2, 0.25) is 0 Å². The number of rotatable bonds is 2. The molecule has 0 radical (unpaired) electrons. The lowest BCUT2D eigenvalue weighted by Gasteiger charge is -2.22. The van der Waals surface area contributed by atoms with E-state index in [1.54, 1.807) is 0 Å². The molecule has 15 heavy (non-hydrogen) atoms. The van der Waals surface area contributed by atoms with Crippen molar-refractivity contribution in [3.8, 4) is 6.07 Å². The molecule has 0 bridgehead atoms. The summed E-state index contributed by atoms with van der Waals surface area (Å²) in [5.41, 5.74) is 0. The third-order valence-corrected chi connectivity index (χ3v) is 2.66. The van der Waals surface area contributed by atoms with Gasteiger partial charge < -0.3 is 10.2 Å². The first-order chi connectivity index (χ1) is 7.24. The highest BCUT2D eigenvalue weighted by Gasteiger charge is 2.16. The van der Waals surface area contributed by atoms with Crippen LogP contribution in [0.25, 0.3) is 0 Å². The number of hydrogen-bond donors (Lipinski definition) is 1. The summed E-state index contributed by atoms with van der Waals surface area (Å²) in [6.45, 7) is 3.56. The van der Waals surface area contributed by atoms with Crippen LogP contribution in [0.1, 0.15) is 39.0 Å². The first-order valence-electron chi connectivity index (χ1n) is 5.66. The zero-order valence-electron chi connectivity index (χ0n) is 9.33. The second-order valence-electron chi connectivity index (χ2n) is 4.11. The highest BCUT2D eigenvalue weighted by atomic mass is 16.2. The Morgan fingerprint density at radius 2 is 2.00 bits per heavy atom. The first-order valence-corrected chi connectivity index (χ1v) is 5.66. The Labute approximate surface area is 91.2 Å². The van der Waals surface area contributed by atoms with Crippen LogP contribution in [0.4, 0.5) is 4.79 Å². The lowest BCUT2D eigenvalue weighted by Crippen LogP contribution is -2.44. The summed E-state index contributed by atoms with van der Waals surface area (Å²) in [5.74, 6) is 0. The zero-order valence-corrected chi connectivity index (χ0v) is 9.33. The molecule has 0 aromatic rings. The predicted molar refractivity (Wildman–Crippen MR) is 58.3 cm³/mol. The molecule has 1 aliphatic heterocycles. The number of carbonyl (C=O) groups excluding carboxylic acids is 1. The molecule has 1 aliphatic rings. The van der Waals surface area contributed by atoms with E-state index in [9.17, 15) is 4.79 Å². The summed E-state index contributed by atoms with van der Waals surface area (Å²) < 4.78 is 0. The summed E-state index contributed by atoms with van der Waals surface area (Å²) in [7, 11) is 0. The van der Waals surface area contributed by atoms with Gasteiger partial charge >= 0.3 is 6.03 Å². The number of nitrogens with zero attached hydrogens (tertiary/aromatic N) is 2. The molecule has 1 unspecified atom stereocenters. The molecule has 84 valence electrons. The highest BCUT2D eigenvalue weighted by molar-refractivity contribution is 5.74. The molecule has 4 heteroatoms. The van der Waals surface area contributed by atoms with Crippen molar-refractivity contribution in [3.05, 3.63) is 0 Å². The van der Waals surface area contributed by atoms with Gasteiger partial charge in [0.05, 0.1) is 12.5 Å². The maximum atomic E-state index is 11.7. The highest BCUT2D eigenvalue weighted by Crippen LogP contribution is 2.09. The average molecular weight is 209 g/mol. The fraction of sp³-hybridized carbons (Fsp3) is 0.818. The summed E-state index contributed by atoms with van der Waals surface area (Å²) >= 11 is 0. The van der Waals surface area contributed by atoms with E-state index in [2.05, 4.69) is 11.4 Å². The summed E-state index contributed by atoms with van der Waals surface area (Å²) in [4.78, 5) is 13.6. The first kappa shape index (κ1) is 11.8. The Kier molecular flexibility index (Phi) is 4.96. The summed E-state index contributed by atoms with van der Waals surface area (Å²) in [6.07, 6.45) is 5.01. The quantitative estimate of drug-likeness (QED) is 0.754. The van der Waals surface area contributed by atoms with E-state index in [4.69, 9.17) is 5.26 Å². The van der Waals surface area contributed by atoms with Gasteiger partial charge in [0.15, 0.2) is 0 Å². The van der Waals surface area contributed by atoms with Gasteiger partial charge in [-0.1, -0.05) is 12.8 Å². The molecule has 0 aliphatic carbocycles. The van der Waals surface area contributed by atoms with Crippen LogP contribution in [-0.4, -0.2) is 30.1 Å². The molecule has 0 aromatic heterocycles. The van der Waals surface area contributed by atoms with Crippen LogP contribution < -0.4 is 5.32 Å². The molecule has 1 heterocycles. The Hall–Kier alpha value is -1.24. The van der Waals surface area contributed by atoms with Crippen molar-refractivity contribution in [2.45, 2.75) is 45.1 Å².